The molecule has 114 valence electrons. The lowest BCUT2D eigenvalue weighted by Gasteiger charge is -2.29. The minimum atomic E-state index is -3.71. The molecule has 0 aliphatic carbocycles. The highest BCUT2D eigenvalue weighted by Gasteiger charge is 2.29. The third kappa shape index (κ3) is 3.71. The standard InChI is InChI=1S/C14H24N2O3S/c1-5-14(4,6-7-17)16-20(18,19)13-9-11(3)10(2)8-12(13)15/h8-9,16-17H,5-7,15H2,1-4H3. The monoisotopic (exact) mass is 300 g/mol. The van der Waals surface area contributed by atoms with Crippen LogP contribution in [-0.2, 0) is 10.0 Å². The van der Waals surface area contributed by atoms with Gasteiger partial charge in [0, 0.05) is 12.1 Å². The number of nitrogen functional groups attached to an aromatic ring is 1. The third-order valence-corrected chi connectivity index (χ3v) is 5.43. The molecule has 20 heavy (non-hydrogen) atoms. The van der Waals surface area contributed by atoms with Gasteiger partial charge in [-0.3, -0.25) is 0 Å². The van der Waals surface area contributed by atoms with Crippen molar-refractivity contribution in [2.24, 2.45) is 0 Å². The van der Waals surface area contributed by atoms with Crippen molar-refractivity contribution in [2.75, 3.05) is 12.3 Å². The molecule has 5 nitrogen and oxygen atoms in total. The molecule has 0 saturated heterocycles. The fourth-order valence-corrected chi connectivity index (χ4v) is 3.68. The van der Waals surface area contributed by atoms with Crippen LogP contribution in [0.4, 0.5) is 5.69 Å². The Labute approximate surface area is 121 Å². The maximum absolute atomic E-state index is 12.5. The molecule has 0 fully saturated rings. The van der Waals surface area contributed by atoms with E-state index in [4.69, 9.17) is 10.8 Å². The van der Waals surface area contributed by atoms with Crippen LogP contribution in [0.2, 0.25) is 0 Å². The Hall–Kier alpha value is -1.11. The molecule has 1 unspecified atom stereocenters. The first-order valence-corrected chi connectivity index (χ1v) is 8.15. The van der Waals surface area contributed by atoms with Gasteiger partial charge >= 0.3 is 0 Å². The number of nitrogens with one attached hydrogen (secondary N) is 1. The molecule has 0 heterocycles. The SMILES string of the molecule is CCC(C)(CCO)NS(=O)(=O)c1cc(C)c(C)cc1N. The molecular weight excluding hydrogens is 276 g/mol. The summed E-state index contributed by atoms with van der Waals surface area (Å²) in [7, 11) is -3.71. The van der Waals surface area contributed by atoms with Gasteiger partial charge in [0.1, 0.15) is 4.90 Å². The minimum absolute atomic E-state index is 0.0741. The number of aryl methyl sites for hydroxylation is 2. The first-order valence-electron chi connectivity index (χ1n) is 6.67. The summed E-state index contributed by atoms with van der Waals surface area (Å²) in [6.45, 7) is 7.31. The van der Waals surface area contributed by atoms with E-state index in [0.717, 1.165) is 11.1 Å². The van der Waals surface area contributed by atoms with Crippen LogP contribution < -0.4 is 10.5 Å². The van der Waals surface area contributed by atoms with Gasteiger partial charge in [0.15, 0.2) is 0 Å². The second kappa shape index (κ2) is 6.11. The van der Waals surface area contributed by atoms with Crippen molar-refractivity contribution >= 4 is 15.7 Å². The maximum Gasteiger partial charge on any atom is 0.243 e. The summed E-state index contributed by atoms with van der Waals surface area (Å²) in [5, 5.41) is 9.08. The van der Waals surface area contributed by atoms with Crippen LogP contribution in [0, 0.1) is 13.8 Å². The Kier molecular flexibility index (Phi) is 5.18. The molecule has 0 spiro atoms. The Morgan fingerprint density at radius 2 is 1.85 bits per heavy atom. The molecule has 0 amide bonds. The quantitative estimate of drug-likeness (QED) is 0.697. The molecule has 4 N–H and O–H groups in total. The zero-order valence-corrected chi connectivity index (χ0v) is 13.3. The lowest BCUT2D eigenvalue weighted by molar-refractivity contribution is 0.233. The van der Waals surface area contributed by atoms with Crippen LogP contribution in [0.5, 0.6) is 0 Å². The number of aliphatic hydroxyl groups is 1. The van der Waals surface area contributed by atoms with Gasteiger partial charge in [0.25, 0.3) is 0 Å². The summed E-state index contributed by atoms with van der Waals surface area (Å²) in [5.41, 5.74) is 7.23. The number of hydrogen-bond donors (Lipinski definition) is 3. The number of sulfonamides is 1. The highest BCUT2D eigenvalue weighted by Crippen LogP contribution is 2.25. The van der Waals surface area contributed by atoms with E-state index in [9.17, 15) is 8.42 Å². The molecular formula is C14H24N2O3S. The molecule has 0 bridgehead atoms. The summed E-state index contributed by atoms with van der Waals surface area (Å²) in [6.07, 6.45) is 0.936. The van der Waals surface area contributed by atoms with E-state index in [1.165, 1.54) is 0 Å². The Morgan fingerprint density at radius 1 is 1.30 bits per heavy atom. The summed E-state index contributed by atoms with van der Waals surface area (Å²) < 4.78 is 27.6. The predicted molar refractivity (Wildman–Crippen MR) is 81.0 cm³/mol. The number of benzene rings is 1. The molecule has 1 aromatic carbocycles. The van der Waals surface area contributed by atoms with Crippen molar-refractivity contribution in [3.63, 3.8) is 0 Å². The first kappa shape index (κ1) is 16.9. The zero-order valence-electron chi connectivity index (χ0n) is 12.5. The summed E-state index contributed by atoms with van der Waals surface area (Å²) in [5.74, 6) is 0. The number of anilines is 1. The van der Waals surface area contributed by atoms with Crippen LogP contribution in [-0.4, -0.2) is 25.7 Å². The molecule has 0 aromatic heterocycles. The van der Waals surface area contributed by atoms with E-state index >= 15 is 0 Å². The topological polar surface area (TPSA) is 92.4 Å². The van der Waals surface area contributed by atoms with Gasteiger partial charge in [-0.15, -0.1) is 0 Å². The summed E-state index contributed by atoms with van der Waals surface area (Å²) >= 11 is 0. The Balaban J connectivity index is 3.21. The van der Waals surface area contributed by atoms with Crippen molar-refractivity contribution in [3.05, 3.63) is 23.3 Å². The fourth-order valence-electron chi connectivity index (χ4n) is 1.97. The molecule has 6 heteroatoms. The van der Waals surface area contributed by atoms with E-state index in [1.54, 1.807) is 19.1 Å². The average molecular weight is 300 g/mol. The van der Waals surface area contributed by atoms with Crippen molar-refractivity contribution in [1.82, 2.24) is 4.72 Å². The first-order chi connectivity index (χ1) is 9.15. The maximum atomic E-state index is 12.5. The van der Waals surface area contributed by atoms with E-state index in [2.05, 4.69) is 4.72 Å². The van der Waals surface area contributed by atoms with Gasteiger partial charge < -0.3 is 10.8 Å². The van der Waals surface area contributed by atoms with Crippen molar-refractivity contribution in [3.8, 4) is 0 Å². The van der Waals surface area contributed by atoms with E-state index in [-0.39, 0.29) is 17.2 Å². The van der Waals surface area contributed by atoms with Crippen molar-refractivity contribution in [2.45, 2.75) is 51.0 Å². The van der Waals surface area contributed by atoms with Crippen molar-refractivity contribution in [1.29, 1.82) is 0 Å². The van der Waals surface area contributed by atoms with Crippen LogP contribution in [0.25, 0.3) is 0 Å². The lowest BCUT2D eigenvalue weighted by Crippen LogP contribution is -2.46. The molecule has 1 atom stereocenters. The van der Waals surface area contributed by atoms with Gasteiger partial charge in [0.2, 0.25) is 10.0 Å². The number of rotatable bonds is 6. The normalized spacial score (nSPS) is 15.1. The third-order valence-electron chi connectivity index (χ3n) is 3.74. The second-order valence-electron chi connectivity index (χ2n) is 5.47. The summed E-state index contributed by atoms with van der Waals surface area (Å²) in [6, 6.07) is 3.25. The number of aliphatic hydroxyl groups excluding tert-OH is 1. The van der Waals surface area contributed by atoms with Crippen LogP contribution in [0.1, 0.15) is 37.8 Å². The smallest absolute Gasteiger partial charge is 0.243 e. The van der Waals surface area contributed by atoms with Crippen LogP contribution in [0.3, 0.4) is 0 Å². The lowest BCUT2D eigenvalue weighted by atomic mass is 9.97. The molecule has 0 aliphatic heterocycles. The van der Waals surface area contributed by atoms with E-state index in [1.807, 2.05) is 20.8 Å². The highest BCUT2D eigenvalue weighted by atomic mass is 32.2. The average Bonchev–Trinajstić information content (AvgIpc) is 2.33. The van der Waals surface area contributed by atoms with Gasteiger partial charge in [0.05, 0.1) is 5.69 Å². The number of hydrogen-bond acceptors (Lipinski definition) is 4. The van der Waals surface area contributed by atoms with Gasteiger partial charge in [-0.2, -0.15) is 0 Å². The van der Waals surface area contributed by atoms with E-state index < -0.39 is 15.6 Å². The van der Waals surface area contributed by atoms with E-state index in [0.29, 0.717) is 12.8 Å². The van der Waals surface area contributed by atoms with Crippen LogP contribution in [0.15, 0.2) is 17.0 Å². The fraction of sp³-hybridized carbons (Fsp3) is 0.571. The predicted octanol–water partition coefficient (Wildman–Crippen LogP) is 1.72. The molecule has 0 saturated carbocycles. The van der Waals surface area contributed by atoms with Gasteiger partial charge in [-0.1, -0.05) is 6.92 Å². The van der Waals surface area contributed by atoms with Gasteiger partial charge in [-0.05, 0) is 56.9 Å². The van der Waals surface area contributed by atoms with Crippen LogP contribution >= 0.6 is 0 Å². The molecule has 1 rings (SSSR count). The zero-order chi connectivity index (χ0) is 15.6. The molecule has 0 radical (unpaired) electrons. The highest BCUT2D eigenvalue weighted by molar-refractivity contribution is 7.89. The van der Waals surface area contributed by atoms with Crippen molar-refractivity contribution < 1.29 is 13.5 Å². The second-order valence-corrected chi connectivity index (χ2v) is 7.12. The number of nitrogens with two attached hydrogens (primary N) is 1. The van der Waals surface area contributed by atoms with Gasteiger partial charge in [-0.25, -0.2) is 13.1 Å². The Bertz CT molecular complexity index is 584. The molecule has 0 aliphatic rings. The minimum Gasteiger partial charge on any atom is -0.398 e. The largest absolute Gasteiger partial charge is 0.398 e. The molecule has 1 aromatic rings. The Morgan fingerprint density at radius 3 is 2.35 bits per heavy atom. The summed E-state index contributed by atoms with van der Waals surface area (Å²) in [4.78, 5) is 0.0956.